The van der Waals surface area contributed by atoms with Crippen molar-refractivity contribution in [2.45, 2.75) is 6.54 Å². The van der Waals surface area contributed by atoms with E-state index in [0.29, 0.717) is 5.56 Å². The number of rotatable bonds is 3. The molecule has 6 heteroatoms. The summed E-state index contributed by atoms with van der Waals surface area (Å²) < 4.78 is 28.1. The van der Waals surface area contributed by atoms with Crippen LogP contribution < -0.4 is 5.73 Å². The van der Waals surface area contributed by atoms with Crippen molar-refractivity contribution in [3.8, 4) is 16.8 Å². The van der Waals surface area contributed by atoms with E-state index in [9.17, 15) is 8.78 Å². The lowest BCUT2D eigenvalue weighted by Gasteiger charge is -2.03. The average molecular weight is 322 g/mol. The van der Waals surface area contributed by atoms with Gasteiger partial charge >= 0.3 is 0 Å². The lowest BCUT2D eigenvalue weighted by Crippen LogP contribution is -1.97. The molecule has 0 saturated carbocycles. The van der Waals surface area contributed by atoms with Crippen LogP contribution in [-0.4, -0.2) is 9.78 Å². The van der Waals surface area contributed by atoms with E-state index < -0.39 is 0 Å². The van der Waals surface area contributed by atoms with Gasteiger partial charge in [0.1, 0.15) is 11.6 Å². The molecule has 0 atom stereocenters. The van der Waals surface area contributed by atoms with Crippen molar-refractivity contribution in [3.63, 3.8) is 0 Å². The number of aromatic nitrogens is 2. The zero-order valence-corrected chi connectivity index (χ0v) is 12.4. The van der Waals surface area contributed by atoms with Gasteiger partial charge in [-0.15, -0.1) is 12.4 Å². The van der Waals surface area contributed by atoms with Crippen molar-refractivity contribution >= 4 is 12.4 Å². The normalized spacial score (nSPS) is 10.3. The molecular formula is C16H14ClF2N3. The minimum absolute atomic E-state index is 0. The summed E-state index contributed by atoms with van der Waals surface area (Å²) in [7, 11) is 0. The number of benzene rings is 2. The maximum Gasteiger partial charge on any atom is 0.124 e. The largest absolute Gasteiger partial charge is 0.326 e. The van der Waals surface area contributed by atoms with Gasteiger partial charge in [0, 0.05) is 18.3 Å². The van der Waals surface area contributed by atoms with Crippen LogP contribution in [0.4, 0.5) is 8.78 Å². The predicted molar refractivity (Wildman–Crippen MR) is 84.1 cm³/mol. The van der Waals surface area contributed by atoms with Crippen molar-refractivity contribution in [1.82, 2.24) is 9.78 Å². The quantitative estimate of drug-likeness (QED) is 0.799. The van der Waals surface area contributed by atoms with Gasteiger partial charge in [0.05, 0.1) is 11.9 Å². The summed E-state index contributed by atoms with van der Waals surface area (Å²) in [6.07, 6.45) is 3.40. The molecule has 2 aromatic carbocycles. The standard InChI is InChI=1S/C16H13F2N3.ClH/c17-14-1-3-16(4-2-14)21-10-13(9-20-21)12-5-11(8-19)6-15(18)7-12;/h1-7,9-10H,8,19H2;1H. The van der Waals surface area contributed by atoms with E-state index in [2.05, 4.69) is 5.10 Å². The number of hydrogen-bond acceptors (Lipinski definition) is 2. The topological polar surface area (TPSA) is 43.8 Å². The van der Waals surface area contributed by atoms with Crippen molar-refractivity contribution in [1.29, 1.82) is 0 Å². The molecule has 114 valence electrons. The molecule has 1 aromatic heterocycles. The number of halogens is 3. The summed E-state index contributed by atoms with van der Waals surface area (Å²) in [5.41, 5.74) is 8.49. The van der Waals surface area contributed by atoms with Crippen LogP contribution in [0.5, 0.6) is 0 Å². The fourth-order valence-corrected chi connectivity index (χ4v) is 2.14. The molecule has 1 heterocycles. The van der Waals surface area contributed by atoms with E-state index in [1.807, 2.05) is 6.07 Å². The average Bonchev–Trinajstić information content (AvgIpc) is 2.97. The summed E-state index contributed by atoms with van der Waals surface area (Å²) in [4.78, 5) is 0. The Morgan fingerprint density at radius 1 is 0.955 bits per heavy atom. The third kappa shape index (κ3) is 3.32. The Labute approximate surface area is 132 Å². The molecule has 0 spiro atoms. The molecule has 0 aliphatic heterocycles. The predicted octanol–water partition coefficient (Wildman–Crippen LogP) is 3.70. The molecular weight excluding hydrogens is 308 g/mol. The van der Waals surface area contributed by atoms with Gasteiger partial charge in [-0.25, -0.2) is 13.5 Å². The van der Waals surface area contributed by atoms with Gasteiger partial charge in [-0.1, -0.05) is 0 Å². The van der Waals surface area contributed by atoms with Gasteiger partial charge in [-0.05, 0) is 53.6 Å². The monoisotopic (exact) mass is 321 g/mol. The van der Waals surface area contributed by atoms with Crippen molar-refractivity contribution in [2.24, 2.45) is 5.73 Å². The number of nitrogens with two attached hydrogens (primary N) is 1. The Morgan fingerprint density at radius 2 is 1.68 bits per heavy atom. The molecule has 0 amide bonds. The Morgan fingerprint density at radius 3 is 2.36 bits per heavy atom. The zero-order valence-electron chi connectivity index (χ0n) is 11.5. The van der Waals surface area contributed by atoms with Gasteiger partial charge < -0.3 is 5.73 Å². The highest BCUT2D eigenvalue weighted by Crippen LogP contribution is 2.22. The first kappa shape index (κ1) is 16.1. The molecule has 3 nitrogen and oxygen atoms in total. The molecule has 0 unspecified atom stereocenters. The third-order valence-electron chi connectivity index (χ3n) is 3.20. The van der Waals surface area contributed by atoms with Crippen LogP contribution in [0, 0.1) is 11.6 Å². The Bertz CT molecular complexity index is 769. The van der Waals surface area contributed by atoms with E-state index in [0.717, 1.165) is 16.8 Å². The first-order valence-corrected chi connectivity index (χ1v) is 6.46. The van der Waals surface area contributed by atoms with Crippen LogP contribution in [0.2, 0.25) is 0 Å². The Kier molecular flexibility index (Phi) is 4.90. The molecule has 3 rings (SSSR count). The van der Waals surface area contributed by atoms with E-state index >= 15 is 0 Å². The van der Waals surface area contributed by atoms with Crippen molar-refractivity contribution < 1.29 is 8.78 Å². The van der Waals surface area contributed by atoms with Gasteiger partial charge in [0.2, 0.25) is 0 Å². The Balaban J connectivity index is 0.00000176. The molecule has 0 saturated heterocycles. The summed E-state index contributed by atoms with van der Waals surface area (Å²) in [6, 6.07) is 10.7. The van der Waals surface area contributed by atoms with Gasteiger partial charge in [-0.3, -0.25) is 0 Å². The first-order valence-electron chi connectivity index (χ1n) is 6.46. The van der Waals surface area contributed by atoms with Crippen LogP contribution in [0.1, 0.15) is 5.56 Å². The highest BCUT2D eigenvalue weighted by atomic mass is 35.5. The number of nitrogens with zero attached hydrogens (tertiary/aromatic N) is 2. The molecule has 0 bridgehead atoms. The fraction of sp³-hybridized carbons (Fsp3) is 0.0625. The molecule has 0 radical (unpaired) electrons. The molecule has 0 aliphatic rings. The van der Waals surface area contributed by atoms with Crippen LogP contribution >= 0.6 is 12.4 Å². The maximum absolute atomic E-state index is 13.6. The lowest BCUT2D eigenvalue weighted by molar-refractivity contribution is 0.626. The minimum atomic E-state index is -0.331. The second kappa shape index (κ2) is 6.68. The van der Waals surface area contributed by atoms with Crippen LogP contribution in [0.15, 0.2) is 54.9 Å². The van der Waals surface area contributed by atoms with Crippen molar-refractivity contribution in [3.05, 3.63) is 72.1 Å². The van der Waals surface area contributed by atoms with Gasteiger partial charge in [0.15, 0.2) is 0 Å². The first-order chi connectivity index (χ1) is 10.2. The van der Waals surface area contributed by atoms with Crippen LogP contribution in [0.25, 0.3) is 16.8 Å². The molecule has 0 aliphatic carbocycles. The number of hydrogen-bond donors (Lipinski definition) is 1. The molecule has 3 aromatic rings. The van der Waals surface area contributed by atoms with E-state index in [-0.39, 0.29) is 30.6 Å². The second-order valence-corrected chi connectivity index (χ2v) is 4.70. The SMILES string of the molecule is Cl.NCc1cc(F)cc(-c2cnn(-c3ccc(F)cc3)c2)c1. The summed E-state index contributed by atoms with van der Waals surface area (Å²) in [6.45, 7) is 0.275. The summed E-state index contributed by atoms with van der Waals surface area (Å²) in [5.74, 6) is -0.633. The third-order valence-corrected chi connectivity index (χ3v) is 3.20. The fourth-order valence-electron chi connectivity index (χ4n) is 2.14. The molecule has 0 fully saturated rings. The maximum atomic E-state index is 13.6. The lowest BCUT2D eigenvalue weighted by atomic mass is 10.1. The summed E-state index contributed by atoms with van der Waals surface area (Å²) >= 11 is 0. The Hall–Kier alpha value is -2.24. The highest BCUT2D eigenvalue weighted by molar-refractivity contribution is 5.85. The van der Waals surface area contributed by atoms with E-state index in [4.69, 9.17) is 5.73 Å². The highest BCUT2D eigenvalue weighted by Gasteiger charge is 2.06. The van der Waals surface area contributed by atoms with E-state index in [1.54, 1.807) is 29.2 Å². The van der Waals surface area contributed by atoms with Crippen molar-refractivity contribution in [2.75, 3.05) is 0 Å². The zero-order chi connectivity index (χ0) is 14.8. The summed E-state index contributed by atoms with van der Waals surface area (Å²) in [5, 5.41) is 4.22. The van der Waals surface area contributed by atoms with Gasteiger partial charge in [-0.2, -0.15) is 5.10 Å². The molecule has 2 N–H and O–H groups in total. The smallest absolute Gasteiger partial charge is 0.124 e. The van der Waals surface area contributed by atoms with Gasteiger partial charge in [0.25, 0.3) is 0 Å². The van der Waals surface area contributed by atoms with E-state index in [1.165, 1.54) is 24.3 Å². The van der Waals surface area contributed by atoms with Crippen LogP contribution in [-0.2, 0) is 6.54 Å². The van der Waals surface area contributed by atoms with Crippen LogP contribution in [0.3, 0.4) is 0 Å². The molecule has 22 heavy (non-hydrogen) atoms. The second-order valence-electron chi connectivity index (χ2n) is 4.70. The minimum Gasteiger partial charge on any atom is -0.326 e.